The summed E-state index contributed by atoms with van der Waals surface area (Å²) in [6.45, 7) is 2.40. The molecule has 1 nitrogen and oxygen atoms in total. The average molecular weight is 151 g/mol. The van der Waals surface area contributed by atoms with Crippen molar-refractivity contribution < 1.29 is 0 Å². The zero-order valence-corrected chi connectivity index (χ0v) is 7.29. The molecule has 1 heterocycles. The Labute approximate surface area is 68.9 Å². The zero-order chi connectivity index (χ0) is 7.68. The van der Waals surface area contributed by atoms with Crippen LogP contribution in [0.3, 0.4) is 0 Å². The molecule has 1 aliphatic carbocycles. The van der Waals surface area contributed by atoms with Gasteiger partial charge in [0.05, 0.1) is 6.04 Å². The van der Waals surface area contributed by atoms with E-state index in [-0.39, 0.29) is 0 Å². The lowest BCUT2D eigenvalue weighted by molar-refractivity contribution is 0.206. The summed E-state index contributed by atoms with van der Waals surface area (Å²) in [5.41, 5.74) is 0. The molecule has 2 rings (SSSR count). The minimum Gasteiger partial charge on any atom is -0.294 e. The van der Waals surface area contributed by atoms with Gasteiger partial charge in [0.15, 0.2) is 0 Å². The van der Waals surface area contributed by atoms with Crippen LogP contribution in [0.4, 0.5) is 0 Å². The Hall–Kier alpha value is -0.330. The molecule has 62 valence electrons. The van der Waals surface area contributed by atoms with Crippen LogP contribution in [0, 0.1) is 11.8 Å². The van der Waals surface area contributed by atoms with E-state index in [4.69, 9.17) is 0 Å². The van der Waals surface area contributed by atoms with Gasteiger partial charge in [-0.1, -0.05) is 19.8 Å². The lowest BCUT2D eigenvalue weighted by atomic mass is 9.74. The van der Waals surface area contributed by atoms with Crippen molar-refractivity contribution >= 4 is 6.21 Å². The highest BCUT2D eigenvalue weighted by molar-refractivity contribution is 5.58. The van der Waals surface area contributed by atoms with Gasteiger partial charge in [-0.15, -0.1) is 0 Å². The van der Waals surface area contributed by atoms with Crippen LogP contribution in [0.25, 0.3) is 0 Å². The molecule has 1 fully saturated rings. The molecular formula is C10H17N. The van der Waals surface area contributed by atoms with Crippen LogP contribution in [0.15, 0.2) is 4.99 Å². The highest BCUT2D eigenvalue weighted by Crippen LogP contribution is 2.36. The van der Waals surface area contributed by atoms with Crippen LogP contribution < -0.4 is 0 Å². The number of nitrogens with zero attached hydrogens (tertiary/aromatic N) is 1. The molecule has 0 saturated heterocycles. The van der Waals surface area contributed by atoms with Gasteiger partial charge in [-0.25, -0.2) is 0 Å². The first kappa shape index (κ1) is 7.33. The quantitative estimate of drug-likeness (QED) is 0.504. The van der Waals surface area contributed by atoms with Gasteiger partial charge in [-0.05, 0) is 37.3 Å². The highest BCUT2D eigenvalue weighted by Gasteiger charge is 2.30. The van der Waals surface area contributed by atoms with E-state index in [1.807, 2.05) is 0 Å². The van der Waals surface area contributed by atoms with Crippen molar-refractivity contribution in [3.63, 3.8) is 0 Å². The number of hydrogen-bond donors (Lipinski definition) is 0. The maximum Gasteiger partial charge on any atom is 0.0526 e. The van der Waals surface area contributed by atoms with Crippen molar-refractivity contribution in [2.45, 2.75) is 45.1 Å². The van der Waals surface area contributed by atoms with E-state index in [1.54, 1.807) is 0 Å². The topological polar surface area (TPSA) is 12.4 Å². The molecule has 0 spiro atoms. The number of aliphatic imine (C=N–C) groups is 1. The molecule has 0 amide bonds. The van der Waals surface area contributed by atoms with Crippen LogP contribution >= 0.6 is 0 Å². The van der Waals surface area contributed by atoms with Gasteiger partial charge in [-0.3, -0.25) is 4.99 Å². The van der Waals surface area contributed by atoms with E-state index in [2.05, 4.69) is 18.1 Å². The molecule has 1 saturated carbocycles. The molecule has 3 atom stereocenters. The molecular weight excluding hydrogens is 134 g/mol. The Balaban J connectivity index is 2.08. The molecule has 0 aromatic heterocycles. The summed E-state index contributed by atoms with van der Waals surface area (Å²) in [6.07, 6.45) is 8.96. The van der Waals surface area contributed by atoms with E-state index in [0.29, 0.717) is 6.04 Å². The Morgan fingerprint density at radius 2 is 2.18 bits per heavy atom. The van der Waals surface area contributed by atoms with Crippen LogP contribution in [0.5, 0.6) is 0 Å². The smallest absolute Gasteiger partial charge is 0.0526 e. The predicted octanol–water partition coefficient (Wildman–Crippen LogP) is 2.66. The first-order chi connectivity index (χ1) is 5.38. The summed E-state index contributed by atoms with van der Waals surface area (Å²) in [4.78, 5) is 4.58. The minimum atomic E-state index is 0.701. The molecule has 3 unspecified atom stereocenters. The average Bonchev–Trinajstić information content (AvgIpc) is 2.06. The third-order valence-corrected chi connectivity index (χ3v) is 3.31. The van der Waals surface area contributed by atoms with E-state index >= 15 is 0 Å². The maximum atomic E-state index is 4.58. The minimum absolute atomic E-state index is 0.701. The molecule has 2 aliphatic rings. The first-order valence-electron chi connectivity index (χ1n) is 4.89. The monoisotopic (exact) mass is 151 g/mol. The van der Waals surface area contributed by atoms with Gasteiger partial charge in [0.1, 0.15) is 0 Å². The van der Waals surface area contributed by atoms with Crippen LogP contribution in [0.2, 0.25) is 0 Å². The summed E-state index contributed by atoms with van der Waals surface area (Å²) in [7, 11) is 0. The Bertz CT molecular complexity index is 162. The lowest BCUT2D eigenvalue weighted by Crippen LogP contribution is -2.32. The fraction of sp³-hybridized carbons (Fsp3) is 0.900. The summed E-state index contributed by atoms with van der Waals surface area (Å²) in [5.74, 6) is 1.86. The summed E-state index contributed by atoms with van der Waals surface area (Å²) < 4.78 is 0. The zero-order valence-electron chi connectivity index (χ0n) is 7.29. The fourth-order valence-corrected chi connectivity index (χ4v) is 2.60. The molecule has 11 heavy (non-hydrogen) atoms. The molecule has 0 bridgehead atoms. The van der Waals surface area contributed by atoms with Crippen molar-refractivity contribution in [2.24, 2.45) is 16.8 Å². The largest absolute Gasteiger partial charge is 0.294 e. The molecule has 1 aliphatic heterocycles. The van der Waals surface area contributed by atoms with Crippen molar-refractivity contribution in [2.75, 3.05) is 0 Å². The number of fused-ring (bicyclic) bond motifs is 1. The van der Waals surface area contributed by atoms with Gasteiger partial charge in [0.2, 0.25) is 0 Å². The third kappa shape index (κ3) is 1.33. The van der Waals surface area contributed by atoms with Crippen molar-refractivity contribution in [1.82, 2.24) is 0 Å². The van der Waals surface area contributed by atoms with E-state index in [1.165, 1.54) is 32.1 Å². The van der Waals surface area contributed by atoms with E-state index in [9.17, 15) is 0 Å². The van der Waals surface area contributed by atoms with E-state index < -0.39 is 0 Å². The van der Waals surface area contributed by atoms with Gasteiger partial charge in [-0.2, -0.15) is 0 Å². The first-order valence-corrected chi connectivity index (χ1v) is 4.89. The van der Waals surface area contributed by atoms with Gasteiger partial charge >= 0.3 is 0 Å². The van der Waals surface area contributed by atoms with Crippen molar-refractivity contribution in [3.8, 4) is 0 Å². The number of rotatable bonds is 0. The van der Waals surface area contributed by atoms with Gasteiger partial charge in [0.25, 0.3) is 0 Å². The fourth-order valence-electron chi connectivity index (χ4n) is 2.60. The van der Waals surface area contributed by atoms with E-state index in [0.717, 1.165) is 11.8 Å². The number of hydrogen-bond acceptors (Lipinski definition) is 1. The predicted molar refractivity (Wildman–Crippen MR) is 48.0 cm³/mol. The normalized spacial score (nSPS) is 43.5. The van der Waals surface area contributed by atoms with Gasteiger partial charge < -0.3 is 0 Å². The molecule has 0 aromatic rings. The summed E-state index contributed by atoms with van der Waals surface area (Å²) in [5, 5.41) is 0. The van der Waals surface area contributed by atoms with Crippen molar-refractivity contribution in [3.05, 3.63) is 0 Å². The maximum absolute atomic E-state index is 4.58. The molecule has 1 heteroatoms. The Morgan fingerprint density at radius 3 is 3.00 bits per heavy atom. The molecule has 0 radical (unpaired) electrons. The van der Waals surface area contributed by atoms with Crippen LogP contribution in [-0.4, -0.2) is 12.3 Å². The molecule has 0 aromatic carbocycles. The highest BCUT2D eigenvalue weighted by atomic mass is 14.8. The van der Waals surface area contributed by atoms with Crippen LogP contribution in [0.1, 0.15) is 39.0 Å². The van der Waals surface area contributed by atoms with Crippen LogP contribution in [-0.2, 0) is 0 Å². The second-order valence-electron chi connectivity index (χ2n) is 4.05. The van der Waals surface area contributed by atoms with Gasteiger partial charge in [0, 0.05) is 0 Å². The second-order valence-corrected chi connectivity index (χ2v) is 4.05. The third-order valence-electron chi connectivity index (χ3n) is 3.31. The lowest BCUT2D eigenvalue weighted by Gasteiger charge is -2.36. The second kappa shape index (κ2) is 2.96. The van der Waals surface area contributed by atoms with Crippen molar-refractivity contribution in [1.29, 1.82) is 0 Å². The Kier molecular flexibility index (Phi) is 1.97. The Morgan fingerprint density at radius 1 is 1.27 bits per heavy atom. The SMILES string of the molecule is CC1CCCC2N=CCCC12. The summed E-state index contributed by atoms with van der Waals surface area (Å²) in [6, 6.07) is 0.701. The standard InChI is InChI=1S/C10H17N/c1-8-4-2-6-10-9(8)5-3-7-11-10/h7-10H,2-6H2,1H3. The molecule has 0 N–H and O–H groups in total. The summed E-state index contributed by atoms with van der Waals surface area (Å²) >= 11 is 0.